The van der Waals surface area contributed by atoms with E-state index in [1.807, 2.05) is 31.2 Å². The number of hydrogen-bond donors (Lipinski definition) is 3. The number of rotatable bonds is 6. The zero-order chi connectivity index (χ0) is 20.3. The molecule has 7 heteroatoms. The van der Waals surface area contributed by atoms with E-state index in [4.69, 9.17) is 11.5 Å². The number of para-hydroxylation sites is 1. The fraction of sp³-hybridized carbons (Fsp3) is 0.238. The zero-order valence-corrected chi connectivity index (χ0v) is 15.6. The standard InChI is InChI=1S/C21H23FN4O2/c1-13(25-20(27)18(23)11-14-6-8-16(22)9-7-14)10-15-12-26(21(24)28)19-5-3-2-4-17(15)19/h2-9,12-13,18H,10-11,23H2,1H3,(H2,24,28)(H,25,27)/t13-,18+/m1/s1. The van der Waals surface area contributed by atoms with Gasteiger partial charge in [-0.1, -0.05) is 30.3 Å². The molecule has 0 saturated heterocycles. The van der Waals surface area contributed by atoms with Gasteiger partial charge in [-0.3, -0.25) is 9.36 Å². The van der Waals surface area contributed by atoms with Gasteiger partial charge in [0.25, 0.3) is 0 Å². The first-order chi connectivity index (χ1) is 13.3. The van der Waals surface area contributed by atoms with Crippen LogP contribution in [-0.2, 0) is 17.6 Å². The predicted molar refractivity (Wildman–Crippen MR) is 106 cm³/mol. The van der Waals surface area contributed by atoms with Gasteiger partial charge in [-0.15, -0.1) is 0 Å². The number of nitrogens with two attached hydrogens (primary N) is 2. The minimum absolute atomic E-state index is 0.195. The number of nitrogens with one attached hydrogen (secondary N) is 1. The number of carbonyl (C=O) groups excluding carboxylic acids is 2. The molecule has 0 aliphatic heterocycles. The molecular formula is C21H23FN4O2. The molecule has 6 nitrogen and oxygen atoms in total. The maximum absolute atomic E-state index is 13.0. The summed E-state index contributed by atoms with van der Waals surface area (Å²) >= 11 is 0. The van der Waals surface area contributed by atoms with Gasteiger partial charge in [-0.05, 0) is 49.1 Å². The third-order valence-electron chi connectivity index (χ3n) is 4.65. The quantitative estimate of drug-likeness (QED) is 0.609. The molecule has 5 N–H and O–H groups in total. The predicted octanol–water partition coefficient (Wildman–Crippen LogP) is 2.32. The second kappa shape index (κ2) is 8.22. The summed E-state index contributed by atoms with van der Waals surface area (Å²) in [5.74, 6) is -0.610. The van der Waals surface area contributed by atoms with Crippen LogP contribution in [-0.4, -0.2) is 28.6 Å². The molecule has 2 amide bonds. The molecule has 2 atom stereocenters. The smallest absolute Gasteiger partial charge is 0.323 e. The summed E-state index contributed by atoms with van der Waals surface area (Å²) in [6.07, 6.45) is 2.55. The third kappa shape index (κ3) is 4.37. The van der Waals surface area contributed by atoms with Gasteiger partial charge >= 0.3 is 6.03 Å². The summed E-state index contributed by atoms with van der Waals surface area (Å²) in [7, 11) is 0. The number of halogens is 1. The van der Waals surface area contributed by atoms with E-state index in [1.165, 1.54) is 16.7 Å². The van der Waals surface area contributed by atoms with Crippen molar-refractivity contribution in [2.45, 2.75) is 31.8 Å². The average molecular weight is 382 g/mol. The van der Waals surface area contributed by atoms with E-state index in [-0.39, 0.29) is 17.8 Å². The van der Waals surface area contributed by atoms with Gasteiger partial charge in [0.15, 0.2) is 0 Å². The van der Waals surface area contributed by atoms with E-state index in [2.05, 4.69) is 5.32 Å². The van der Waals surface area contributed by atoms with Crippen molar-refractivity contribution in [3.63, 3.8) is 0 Å². The maximum Gasteiger partial charge on any atom is 0.323 e. The Morgan fingerprint density at radius 3 is 2.46 bits per heavy atom. The molecule has 0 saturated carbocycles. The number of nitrogens with zero attached hydrogens (tertiary/aromatic N) is 1. The summed E-state index contributed by atoms with van der Waals surface area (Å²) < 4.78 is 14.4. The molecular weight excluding hydrogens is 359 g/mol. The van der Waals surface area contributed by atoms with Crippen molar-refractivity contribution in [1.29, 1.82) is 0 Å². The van der Waals surface area contributed by atoms with E-state index in [1.54, 1.807) is 18.3 Å². The van der Waals surface area contributed by atoms with Crippen LogP contribution in [0.25, 0.3) is 10.9 Å². The Balaban J connectivity index is 1.66. The van der Waals surface area contributed by atoms with Crippen molar-refractivity contribution in [2.24, 2.45) is 11.5 Å². The monoisotopic (exact) mass is 382 g/mol. The molecule has 28 heavy (non-hydrogen) atoms. The average Bonchev–Trinajstić information content (AvgIpc) is 3.02. The largest absolute Gasteiger partial charge is 0.352 e. The lowest BCUT2D eigenvalue weighted by Gasteiger charge is -2.17. The zero-order valence-electron chi connectivity index (χ0n) is 15.6. The van der Waals surface area contributed by atoms with Crippen LogP contribution < -0.4 is 16.8 Å². The molecule has 2 aromatic carbocycles. The van der Waals surface area contributed by atoms with E-state index >= 15 is 0 Å². The highest BCUT2D eigenvalue weighted by atomic mass is 19.1. The van der Waals surface area contributed by atoms with Crippen molar-refractivity contribution in [3.8, 4) is 0 Å². The van der Waals surface area contributed by atoms with Crippen molar-refractivity contribution in [2.75, 3.05) is 0 Å². The minimum Gasteiger partial charge on any atom is -0.352 e. The van der Waals surface area contributed by atoms with Crippen LogP contribution in [0.2, 0.25) is 0 Å². The molecule has 3 rings (SSSR count). The number of carbonyl (C=O) groups is 2. The molecule has 1 heterocycles. The van der Waals surface area contributed by atoms with Gasteiger partial charge in [0.05, 0.1) is 11.6 Å². The molecule has 1 aromatic heterocycles. The number of aromatic nitrogens is 1. The summed E-state index contributed by atoms with van der Waals surface area (Å²) in [5.41, 5.74) is 13.9. The summed E-state index contributed by atoms with van der Waals surface area (Å²) in [6.45, 7) is 1.87. The molecule has 0 bridgehead atoms. The highest BCUT2D eigenvalue weighted by Crippen LogP contribution is 2.22. The van der Waals surface area contributed by atoms with Gasteiger partial charge in [0.2, 0.25) is 5.91 Å². The van der Waals surface area contributed by atoms with Gasteiger partial charge in [0.1, 0.15) is 5.82 Å². The lowest BCUT2D eigenvalue weighted by Crippen LogP contribution is -2.46. The Labute approximate surface area is 162 Å². The maximum atomic E-state index is 13.0. The molecule has 0 aliphatic carbocycles. The molecule has 0 unspecified atom stereocenters. The number of amides is 2. The molecule has 0 spiro atoms. The van der Waals surface area contributed by atoms with Gasteiger partial charge in [-0.25, -0.2) is 9.18 Å². The van der Waals surface area contributed by atoms with E-state index < -0.39 is 12.1 Å². The van der Waals surface area contributed by atoms with Crippen LogP contribution in [0.15, 0.2) is 54.7 Å². The minimum atomic E-state index is -0.736. The number of hydrogen-bond acceptors (Lipinski definition) is 3. The van der Waals surface area contributed by atoms with Crippen LogP contribution in [0, 0.1) is 5.82 Å². The molecule has 0 fully saturated rings. The van der Waals surface area contributed by atoms with Gasteiger partial charge in [0, 0.05) is 17.6 Å². The van der Waals surface area contributed by atoms with Crippen LogP contribution in [0.1, 0.15) is 18.1 Å². The van der Waals surface area contributed by atoms with Crippen LogP contribution in [0.5, 0.6) is 0 Å². The lowest BCUT2D eigenvalue weighted by molar-refractivity contribution is -0.122. The SMILES string of the molecule is C[C@H](Cc1cn(C(N)=O)c2ccccc12)NC(=O)[C@@H](N)Cc1ccc(F)cc1. The number of primary amides is 1. The highest BCUT2D eigenvalue weighted by Gasteiger charge is 2.18. The fourth-order valence-corrected chi connectivity index (χ4v) is 3.29. The number of fused-ring (bicyclic) bond motifs is 1. The second-order valence-electron chi connectivity index (χ2n) is 6.93. The first-order valence-electron chi connectivity index (χ1n) is 9.04. The molecule has 3 aromatic rings. The highest BCUT2D eigenvalue weighted by molar-refractivity contribution is 5.93. The first kappa shape index (κ1) is 19.6. The Morgan fingerprint density at radius 2 is 1.79 bits per heavy atom. The number of benzene rings is 2. The van der Waals surface area contributed by atoms with Gasteiger partial charge in [-0.2, -0.15) is 0 Å². The summed E-state index contributed by atoms with van der Waals surface area (Å²) in [4.78, 5) is 24.1. The molecule has 0 aliphatic rings. The van der Waals surface area contributed by atoms with E-state index in [0.29, 0.717) is 12.8 Å². The first-order valence-corrected chi connectivity index (χ1v) is 9.04. The lowest BCUT2D eigenvalue weighted by atomic mass is 10.0. The fourth-order valence-electron chi connectivity index (χ4n) is 3.29. The van der Waals surface area contributed by atoms with Crippen LogP contribution >= 0.6 is 0 Å². The third-order valence-corrected chi connectivity index (χ3v) is 4.65. The summed E-state index contributed by atoms with van der Waals surface area (Å²) in [6, 6.07) is 11.9. The van der Waals surface area contributed by atoms with Crippen molar-refractivity contribution in [3.05, 3.63) is 71.7 Å². The Bertz CT molecular complexity index is 997. The van der Waals surface area contributed by atoms with Crippen LogP contribution in [0.4, 0.5) is 9.18 Å². The topological polar surface area (TPSA) is 103 Å². The van der Waals surface area contributed by atoms with E-state index in [0.717, 1.165) is 22.0 Å². The Morgan fingerprint density at radius 1 is 1.11 bits per heavy atom. The van der Waals surface area contributed by atoms with Crippen molar-refractivity contribution >= 4 is 22.8 Å². The van der Waals surface area contributed by atoms with E-state index in [9.17, 15) is 14.0 Å². The van der Waals surface area contributed by atoms with Crippen LogP contribution in [0.3, 0.4) is 0 Å². The second-order valence-corrected chi connectivity index (χ2v) is 6.93. The molecule has 146 valence electrons. The van der Waals surface area contributed by atoms with Crippen molar-refractivity contribution in [1.82, 2.24) is 9.88 Å². The summed E-state index contributed by atoms with van der Waals surface area (Å²) in [5, 5.41) is 3.81. The molecule has 0 radical (unpaired) electrons. The normalized spacial score (nSPS) is 13.2. The Kier molecular flexibility index (Phi) is 5.75. The Hall–Kier alpha value is -3.19. The van der Waals surface area contributed by atoms with Crippen molar-refractivity contribution < 1.29 is 14.0 Å². The van der Waals surface area contributed by atoms with Gasteiger partial charge < -0.3 is 16.8 Å².